The zero-order chi connectivity index (χ0) is 21.1. The van der Waals surface area contributed by atoms with Crippen molar-refractivity contribution < 1.29 is 4.74 Å². The second kappa shape index (κ2) is 9.57. The van der Waals surface area contributed by atoms with Gasteiger partial charge in [-0.2, -0.15) is 0 Å². The Balaban J connectivity index is 1.45. The average molecular weight is 410 g/mol. The van der Waals surface area contributed by atoms with E-state index in [9.17, 15) is 0 Å². The van der Waals surface area contributed by atoms with Crippen LogP contribution in [-0.2, 0) is 11.2 Å². The smallest absolute Gasteiger partial charge is 0.0650 e. The molecule has 3 aliphatic rings. The third-order valence-corrected chi connectivity index (χ3v) is 9.08. The zero-order valence-electron chi connectivity index (χ0n) is 19.8. The summed E-state index contributed by atoms with van der Waals surface area (Å²) in [6.07, 6.45) is 10.5. The van der Waals surface area contributed by atoms with E-state index in [0.29, 0.717) is 5.41 Å². The highest BCUT2D eigenvalue weighted by molar-refractivity contribution is 5.37. The second-order valence-electron chi connectivity index (χ2n) is 10.2. The van der Waals surface area contributed by atoms with Crippen LogP contribution in [-0.4, -0.2) is 37.7 Å². The number of fused-ring (bicyclic) bond motifs is 5. The van der Waals surface area contributed by atoms with Crippen LogP contribution in [0.2, 0.25) is 0 Å². The molecule has 0 spiro atoms. The van der Waals surface area contributed by atoms with E-state index in [1.807, 2.05) is 0 Å². The van der Waals surface area contributed by atoms with Crippen LogP contribution in [0.15, 0.2) is 35.9 Å². The minimum atomic E-state index is 0.406. The van der Waals surface area contributed by atoms with E-state index in [-0.39, 0.29) is 0 Å². The number of benzene rings is 1. The Labute approximate surface area is 185 Å². The number of allylic oxidation sites excluding steroid dienone is 1. The Hall–Kier alpha value is -1.12. The molecule has 2 fully saturated rings. The van der Waals surface area contributed by atoms with Crippen molar-refractivity contribution in [2.75, 3.05) is 32.8 Å². The molecular formula is C28H43NO. The Morgan fingerprint density at radius 1 is 1.13 bits per heavy atom. The largest absolute Gasteiger partial charge is 0.376 e. The molecule has 0 amide bonds. The summed E-state index contributed by atoms with van der Waals surface area (Å²) in [7, 11) is 0. The van der Waals surface area contributed by atoms with Gasteiger partial charge >= 0.3 is 0 Å². The minimum Gasteiger partial charge on any atom is -0.376 e. The van der Waals surface area contributed by atoms with Gasteiger partial charge in [-0.1, -0.05) is 70.0 Å². The number of hydrogen-bond donors (Lipinski definition) is 0. The molecule has 1 aromatic rings. The van der Waals surface area contributed by atoms with Gasteiger partial charge in [0.15, 0.2) is 0 Å². The lowest BCUT2D eigenvalue weighted by Crippen LogP contribution is -2.44. The van der Waals surface area contributed by atoms with Gasteiger partial charge in [0.05, 0.1) is 13.2 Å². The summed E-state index contributed by atoms with van der Waals surface area (Å²) in [5.74, 6) is 3.39. The van der Waals surface area contributed by atoms with E-state index in [4.69, 9.17) is 4.74 Å². The molecule has 5 atom stereocenters. The van der Waals surface area contributed by atoms with Crippen molar-refractivity contribution in [3.8, 4) is 0 Å². The van der Waals surface area contributed by atoms with Crippen molar-refractivity contribution in [2.24, 2.45) is 23.2 Å². The first-order chi connectivity index (χ1) is 14.6. The number of ether oxygens (including phenoxy) is 1. The van der Waals surface area contributed by atoms with E-state index in [1.165, 1.54) is 38.5 Å². The fraction of sp³-hybridized carbons (Fsp3) is 0.714. The Morgan fingerprint density at radius 2 is 1.93 bits per heavy atom. The minimum absolute atomic E-state index is 0.406. The number of hydrogen-bond acceptors (Lipinski definition) is 2. The van der Waals surface area contributed by atoms with Gasteiger partial charge in [0.2, 0.25) is 0 Å². The van der Waals surface area contributed by atoms with Crippen LogP contribution in [0.1, 0.15) is 76.8 Å². The maximum Gasteiger partial charge on any atom is 0.0650 e. The van der Waals surface area contributed by atoms with Gasteiger partial charge < -0.3 is 9.64 Å². The highest BCUT2D eigenvalue weighted by Gasteiger charge is 2.54. The van der Waals surface area contributed by atoms with Crippen molar-refractivity contribution in [3.05, 3.63) is 47.0 Å². The summed E-state index contributed by atoms with van der Waals surface area (Å²) >= 11 is 0. The topological polar surface area (TPSA) is 12.5 Å². The van der Waals surface area contributed by atoms with E-state index in [1.54, 1.807) is 16.7 Å². The maximum absolute atomic E-state index is 6.03. The molecule has 2 nitrogen and oxygen atoms in total. The van der Waals surface area contributed by atoms with Crippen LogP contribution in [0, 0.1) is 23.2 Å². The van der Waals surface area contributed by atoms with E-state index in [0.717, 1.165) is 56.5 Å². The first kappa shape index (κ1) is 22.1. The molecule has 0 aliphatic heterocycles. The fourth-order valence-electron chi connectivity index (χ4n) is 7.29. The summed E-state index contributed by atoms with van der Waals surface area (Å²) in [4.78, 5) is 2.44. The SMILES string of the molecule is CC[C@H]1Cc2ccccc2[C@H]2CC[C@]3(C)C(=CCOCCN(CC)CC)CC[C@H]3[C@H]12. The quantitative estimate of drug-likeness (QED) is 0.361. The van der Waals surface area contributed by atoms with Crippen molar-refractivity contribution in [1.82, 2.24) is 4.90 Å². The molecular weight excluding hydrogens is 366 g/mol. The Morgan fingerprint density at radius 3 is 2.70 bits per heavy atom. The molecule has 2 heteroatoms. The van der Waals surface area contributed by atoms with Gasteiger partial charge in [-0.05, 0) is 85.4 Å². The molecule has 0 unspecified atom stereocenters. The molecule has 0 saturated heterocycles. The highest BCUT2D eigenvalue weighted by Crippen LogP contribution is 2.64. The monoisotopic (exact) mass is 409 g/mol. The van der Waals surface area contributed by atoms with Crippen molar-refractivity contribution in [1.29, 1.82) is 0 Å². The molecule has 0 aromatic heterocycles. The molecule has 166 valence electrons. The van der Waals surface area contributed by atoms with Crippen molar-refractivity contribution >= 4 is 0 Å². The van der Waals surface area contributed by atoms with Gasteiger partial charge in [0, 0.05) is 6.54 Å². The molecule has 0 N–H and O–H groups in total. The Kier molecular flexibility index (Phi) is 7.05. The highest BCUT2D eigenvalue weighted by atomic mass is 16.5. The van der Waals surface area contributed by atoms with Gasteiger partial charge in [0.1, 0.15) is 0 Å². The molecule has 4 rings (SSSR count). The van der Waals surface area contributed by atoms with Crippen LogP contribution < -0.4 is 0 Å². The second-order valence-corrected chi connectivity index (χ2v) is 10.2. The number of likely N-dealkylation sites (N-methyl/N-ethyl adjacent to an activating group) is 1. The zero-order valence-corrected chi connectivity index (χ0v) is 19.8. The molecule has 0 bridgehead atoms. The fourth-order valence-corrected chi connectivity index (χ4v) is 7.29. The summed E-state index contributed by atoms with van der Waals surface area (Å²) in [5, 5.41) is 0. The average Bonchev–Trinajstić information content (AvgIpc) is 3.11. The molecule has 30 heavy (non-hydrogen) atoms. The third kappa shape index (κ3) is 4.02. The van der Waals surface area contributed by atoms with Gasteiger partial charge in [-0.15, -0.1) is 0 Å². The van der Waals surface area contributed by atoms with E-state index >= 15 is 0 Å². The first-order valence-electron chi connectivity index (χ1n) is 12.7. The van der Waals surface area contributed by atoms with Gasteiger partial charge in [0.25, 0.3) is 0 Å². The molecule has 1 aromatic carbocycles. The predicted molar refractivity (Wildman–Crippen MR) is 127 cm³/mol. The normalized spacial score (nSPS) is 34.1. The van der Waals surface area contributed by atoms with E-state index < -0.39 is 0 Å². The van der Waals surface area contributed by atoms with Crippen molar-refractivity contribution in [2.45, 2.75) is 72.1 Å². The standard InChI is InChI=1S/C28H43NO/c1-5-21-20-22-10-8-9-11-24(22)25-14-16-28(4)23(12-13-26(28)27(21)25)15-18-30-19-17-29(6-2)7-3/h8-11,15,21,25-27H,5-7,12-14,16-20H2,1-4H3/t21-,25+,26-,27+,28+/m0/s1. The first-order valence-corrected chi connectivity index (χ1v) is 12.7. The van der Waals surface area contributed by atoms with Crippen LogP contribution in [0.3, 0.4) is 0 Å². The molecule has 3 aliphatic carbocycles. The lowest BCUT2D eigenvalue weighted by atomic mass is 9.52. The van der Waals surface area contributed by atoms with Gasteiger partial charge in [-0.25, -0.2) is 0 Å². The van der Waals surface area contributed by atoms with Crippen LogP contribution in [0.5, 0.6) is 0 Å². The molecule has 2 saturated carbocycles. The lowest BCUT2D eigenvalue weighted by Gasteiger charge is -2.52. The maximum atomic E-state index is 6.03. The summed E-state index contributed by atoms with van der Waals surface area (Å²) in [5.41, 5.74) is 5.45. The summed E-state index contributed by atoms with van der Waals surface area (Å²) in [6, 6.07) is 9.36. The lowest BCUT2D eigenvalue weighted by molar-refractivity contribution is 0.0409. The summed E-state index contributed by atoms with van der Waals surface area (Å²) in [6.45, 7) is 14.4. The van der Waals surface area contributed by atoms with Crippen LogP contribution in [0.25, 0.3) is 0 Å². The third-order valence-electron chi connectivity index (χ3n) is 9.08. The van der Waals surface area contributed by atoms with Gasteiger partial charge in [-0.3, -0.25) is 0 Å². The van der Waals surface area contributed by atoms with E-state index in [2.05, 4.69) is 62.9 Å². The van der Waals surface area contributed by atoms with Crippen molar-refractivity contribution in [3.63, 3.8) is 0 Å². The molecule has 0 radical (unpaired) electrons. The number of nitrogens with zero attached hydrogens (tertiary/aromatic N) is 1. The van der Waals surface area contributed by atoms with Crippen LogP contribution >= 0.6 is 0 Å². The molecule has 0 heterocycles. The Bertz CT molecular complexity index is 736. The van der Waals surface area contributed by atoms with Crippen LogP contribution in [0.4, 0.5) is 0 Å². The summed E-state index contributed by atoms with van der Waals surface area (Å²) < 4.78 is 6.03. The number of rotatable bonds is 8. The predicted octanol–water partition coefficient (Wildman–Crippen LogP) is 6.46.